The molecule has 1 heterocycles. The average Bonchev–Trinajstić information content (AvgIpc) is 2.58. The van der Waals surface area contributed by atoms with Crippen molar-refractivity contribution in [2.45, 2.75) is 20.8 Å². The fourth-order valence-corrected chi connectivity index (χ4v) is 2.01. The summed E-state index contributed by atoms with van der Waals surface area (Å²) in [5.41, 5.74) is 2.62. The van der Waals surface area contributed by atoms with Gasteiger partial charge in [0, 0.05) is 17.6 Å². The maximum atomic E-state index is 12.7. The van der Waals surface area contributed by atoms with Crippen LogP contribution in [0.4, 0.5) is 5.69 Å². The van der Waals surface area contributed by atoms with E-state index >= 15 is 0 Å². The molecule has 2 aromatic rings. The number of carbonyl (C=O) groups excluding carboxylic acids is 2. The minimum absolute atomic E-state index is 0.0866. The molecule has 0 amide bonds. The summed E-state index contributed by atoms with van der Waals surface area (Å²) in [6.07, 6.45) is 1.37. The zero-order valence-corrected chi connectivity index (χ0v) is 14.0. The van der Waals surface area contributed by atoms with Crippen LogP contribution in [0.5, 0.6) is 0 Å². The van der Waals surface area contributed by atoms with Crippen molar-refractivity contribution in [2.75, 3.05) is 11.9 Å². The molecule has 0 radical (unpaired) electrons. The molecular weight excluding hydrogens is 304 g/mol. The number of pyridine rings is 1. The molecule has 0 unspecified atom stereocenters. The van der Waals surface area contributed by atoms with E-state index in [1.165, 1.54) is 6.20 Å². The SMILES string of the molecule is CCOC(=O)C(=CNc1ccccc1)C(=O)c1ccc(C)c(C)n1. The third-order valence-electron chi connectivity index (χ3n) is 3.48. The number of hydrogen-bond acceptors (Lipinski definition) is 5. The van der Waals surface area contributed by atoms with E-state index in [2.05, 4.69) is 10.3 Å². The quantitative estimate of drug-likeness (QED) is 0.290. The van der Waals surface area contributed by atoms with Crippen LogP contribution in [0.15, 0.2) is 54.2 Å². The van der Waals surface area contributed by atoms with Gasteiger partial charge in [-0.05, 0) is 44.5 Å². The van der Waals surface area contributed by atoms with Gasteiger partial charge >= 0.3 is 5.97 Å². The van der Waals surface area contributed by atoms with Crippen molar-refractivity contribution < 1.29 is 14.3 Å². The Labute approximate surface area is 141 Å². The smallest absolute Gasteiger partial charge is 0.343 e. The van der Waals surface area contributed by atoms with E-state index in [0.717, 1.165) is 16.9 Å². The first kappa shape index (κ1) is 17.4. The Morgan fingerprint density at radius 1 is 1.12 bits per heavy atom. The summed E-state index contributed by atoms with van der Waals surface area (Å²) in [5.74, 6) is -1.15. The molecule has 0 bridgehead atoms. The zero-order chi connectivity index (χ0) is 17.5. The van der Waals surface area contributed by atoms with Crippen LogP contribution in [0.2, 0.25) is 0 Å². The van der Waals surface area contributed by atoms with E-state index in [1.54, 1.807) is 13.0 Å². The third kappa shape index (κ3) is 4.29. The predicted molar refractivity (Wildman–Crippen MR) is 92.8 cm³/mol. The number of ketones is 1. The van der Waals surface area contributed by atoms with Crippen LogP contribution in [-0.2, 0) is 9.53 Å². The summed E-state index contributed by atoms with van der Waals surface area (Å²) in [7, 11) is 0. The van der Waals surface area contributed by atoms with Crippen molar-refractivity contribution in [2.24, 2.45) is 0 Å². The summed E-state index contributed by atoms with van der Waals surface area (Å²) >= 11 is 0. The Kier molecular flexibility index (Phi) is 5.84. The van der Waals surface area contributed by atoms with E-state index in [0.29, 0.717) is 0 Å². The van der Waals surface area contributed by atoms with E-state index in [9.17, 15) is 9.59 Å². The number of ether oxygens (including phenoxy) is 1. The van der Waals surface area contributed by atoms with Crippen LogP contribution in [-0.4, -0.2) is 23.3 Å². The Morgan fingerprint density at radius 3 is 2.46 bits per heavy atom. The molecule has 5 heteroatoms. The molecule has 0 aliphatic rings. The number of aryl methyl sites for hydroxylation is 2. The second-order valence-corrected chi connectivity index (χ2v) is 5.22. The van der Waals surface area contributed by atoms with Gasteiger partial charge in [0.25, 0.3) is 0 Å². The van der Waals surface area contributed by atoms with Crippen LogP contribution in [0, 0.1) is 13.8 Å². The summed E-state index contributed by atoms with van der Waals surface area (Å²) < 4.78 is 4.99. The standard InChI is InChI=1S/C19H20N2O3/c1-4-24-19(23)16(12-20-15-8-6-5-7-9-15)18(22)17-11-10-13(2)14(3)21-17/h5-12,20H,4H2,1-3H3. The number of nitrogens with one attached hydrogen (secondary N) is 1. The number of hydrogen-bond donors (Lipinski definition) is 1. The highest BCUT2D eigenvalue weighted by Crippen LogP contribution is 2.13. The molecule has 5 nitrogen and oxygen atoms in total. The fourth-order valence-electron chi connectivity index (χ4n) is 2.01. The zero-order valence-electron chi connectivity index (χ0n) is 14.0. The number of benzene rings is 1. The van der Waals surface area contributed by atoms with Crippen molar-refractivity contribution in [3.05, 3.63) is 71.2 Å². The Balaban J connectivity index is 2.32. The van der Waals surface area contributed by atoms with Crippen LogP contribution >= 0.6 is 0 Å². The molecule has 0 saturated heterocycles. The van der Waals surface area contributed by atoms with E-state index < -0.39 is 11.8 Å². The Morgan fingerprint density at radius 2 is 1.83 bits per heavy atom. The molecule has 24 heavy (non-hydrogen) atoms. The first-order chi connectivity index (χ1) is 11.5. The highest BCUT2D eigenvalue weighted by Gasteiger charge is 2.22. The fraction of sp³-hybridized carbons (Fsp3) is 0.211. The maximum absolute atomic E-state index is 12.7. The van der Waals surface area contributed by atoms with Gasteiger partial charge in [-0.15, -0.1) is 0 Å². The summed E-state index contributed by atoms with van der Waals surface area (Å²) in [5, 5.41) is 2.95. The van der Waals surface area contributed by atoms with Crippen molar-refractivity contribution >= 4 is 17.4 Å². The van der Waals surface area contributed by atoms with Gasteiger partial charge in [-0.1, -0.05) is 24.3 Å². The maximum Gasteiger partial charge on any atom is 0.343 e. The molecule has 1 aromatic heterocycles. The minimum Gasteiger partial charge on any atom is -0.462 e. The van der Waals surface area contributed by atoms with Gasteiger partial charge in [0.2, 0.25) is 5.78 Å². The normalized spacial score (nSPS) is 11.0. The monoisotopic (exact) mass is 324 g/mol. The molecule has 0 fully saturated rings. The molecule has 0 aliphatic heterocycles. The topological polar surface area (TPSA) is 68.3 Å². The van der Waals surface area contributed by atoms with E-state index in [-0.39, 0.29) is 17.9 Å². The molecule has 1 N–H and O–H groups in total. The molecule has 0 aliphatic carbocycles. The van der Waals surface area contributed by atoms with Crippen molar-refractivity contribution in [3.8, 4) is 0 Å². The van der Waals surface area contributed by atoms with Gasteiger partial charge in [0.05, 0.1) is 6.61 Å². The molecule has 124 valence electrons. The van der Waals surface area contributed by atoms with Crippen LogP contribution in [0.3, 0.4) is 0 Å². The lowest BCUT2D eigenvalue weighted by atomic mass is 10.1. The van der Waals surface area contributed by atoms with Crippen molar-refractivity contribution in [1.29, 1.82) is 0 Å². The predicted octanol–water partition coefficient (Wildman–Crippen LogP) is 3.44. The van der Waals surface area contributed by atoms with Gasteiger partial charge in [-0.25, -0.2) is 9.78 Å². The summed E-state index contributed by atoms with van der Waals surface area (Å²) in [6, 6.07) is 12.7. The highest BCUT2D eigenvalue weighted by atomic mass is 16.5. The van der Waals surface area contributed by atoms with Crippen LogP contribution in [0.1, 0.15) is 28.7 Å². The highest BCUT2D eigenvalue weighted by molar-refractivity contribution is 6.23. The molecule has 2 rings (SSSR count). The number of aromatic nitrogens is 1. The largest absolute Gasteiger partial charge is 0.462 e. The Hall–Kier alpha value is -2.95. The number of carbonyl (C=O) groups is 2. The van der Waals surface area contributed by atoms with Gasteiger partial charge in [-0.2, -0.15) is 0 Å². The number of para-hydroxylation sites is 1. The average molecular weight is 324 g/mol. The first-order valence-electron chi connectivity index (χ1n) is 7.70. The number of esters is 1. The van der Waals surface area contributed by atoms with Crippen LogP contribution in [0.25, 0.3) is 0 Å². The van der Waals surface area contributed by atoms with Crippen LogP contribution < -0.4 is 5.32 Å². The van der Waals surface area contributed by atoms with Crippen molar-refractivity contribution in [1.82, 2.24) is 4.98 Å². The Bertz CT molecular complexity index is 767. The lowest BCUT2D eigenvalue weighted by molar-refractivity contribution is -0.138. The third-order valence-corrected chi connectivity index (χ3v) is 3.48. The molecular formula is C19H20N2O3. The molecule has 1 aromatic carbocycles. The second kappa shape index (κ2) is 8.06. The number of nitrogens with zero attached hydrogens (tertiary/aromatic N) is 1. The molecule has 0 spiro atoms. The number of Topliss-reactive ketones (excluding diaryl/α,β-unsaturated/α-hetero) is 1. The van der Waals surface area contributed by atoms with E-state index in [1.807, 2.05) is 50.2 Å². The second-order valence-electron chi connectivity index (χ2n) is 5.22. The number of rotatable bonds is 6. The summed E-state index contributed by atoms with van der Waals surface area (Å²) in [6.45, 7) is 5.62. The first-order valence-corrected chi connectivity index (χ1v) is 7.70. The summed E-state index contributed by atoms with van der Waals surface area (Å²) in [4.78, 5) is 29.1. The minimum atomic E-state index is -0.675. The van der Waals surface area contributed by atoms with Gasteiger partial charge < -0.3 is 10.1 Å². The lowest BCUT2D eigenvalue weighted by Gasteiger charge is -2.08. The van der Waals surface area contributed by atoms with Gasteiger partial charge in [0.1, 0.15) is 11.3 Å². The lowest BCUT2D eigenvalue weighted by Crippen LogP contribution is -2.19. The molecule has 0 saturated carbocycles. The molecule has 0 atom stereocenters. The van der Waals surface area contributed by atoms with Gasteiger partial charge in [0.15, 0.2) is 0 Å². The van der Waals surface area contributed by atoms with E-state index in [4.69, 9.17) is 4.74 Å². The number of anilines is 1. The van der Waals surface area contributed by atoms with Crippen molar-refractivity contribution in [3.63, 3.8) is 0 Å². The van der Waals surface area contributed by atoms with Gasteiger partial charge in [-0.3, -0.25) is 4.79 Å².